The van der Waals surface area contributed by atoms with Crippen LogP contribution in [0.4, 0.5) is 5.69 Å². The average Bonchev–Trinajstić information content (AvgIpc) is 2.87. The van der Waals surface area contributed by atoms with Gasteiger partial charge in [-0.15, -0.1) is 0 Å². The average molecular weight is 540 g/mol. The number of rotatable bonds is 7. The SMILES string of the molecule is COc1cc(C=Nn2c(C3CCCCC3)nc3ccc(Br)cc3c2=O)cc([N+](=O)[O-])c1OCC#N. The number of halogens is 1. The topological polar surface area (TPSA) is 133 Å². The van der Waals surface area contributed by atoms with Crippen molar-refractivity contribution in [2.24, 2.45) is 5.10 Å². The van der Waals surface area contributed by atoms with E-state index in [0.29, 0.717) is 22.3 Å². The Morgan fingerprint density at radius 2 is 2.09 bits per heavy atom. The van der Waals surface area contributed by atoms with Gasteiger partial charge >= 0.3 is 5.69 Å². The molecule has 0 bridgehead atoms. The zero-order valence-electron chi connectivity index (χ0n) is 18.9. The minimum atomic E-state index is -0.624. The van der Waals surface area contributed by atoms with Crippen molar-refractivity contribution < 1.29 is 14.4 Å². The zero-order chi connectivity index (χ0) is 24.9. The molecule has 1 aliphatic rings. The van der Waals surface area contributed by atoms with Crippen LogP contribution in [0.1, 0.15) is 49.4 Å². The van der Waals surface area contributed by atoms with E-state index in [-0.39, 0.29) is 35.3 Å². The molecule has 35 heavy (non-hydrogen) atoms. The van der Waals surface area contributed by atoms with Gasteiger partial charge in [0.1, 0.15) is 11.9 Å². The van der Waals surface area contributed by atoms with Crippen molar-refractivity contribution in [3.63, 3.8) is 0 Å². The zero-order valence-corrected chi connectivity index (χ0v) is 20.5. The molecule has 0 radical (unpaired) electrons. The molecule has 0 saturated heterocycles. The normalized spacial score (nSPS) is 14.2. The lowest BCUT2D eigenvalue weighted by molar-refractivity contribution is -0.385. The largest absolute Gasteiger partial charge is 0.493 e. The summed E-state index contributed by atoms with van der Waals surface area (Å²) in [6.45, 7) is -0.372. The number of ether oxygens (including phenoxy) is 2. The molecule has 1 aliphatic carbocycles. The van der Waals surface area contributed by atoms with E-state index in [1.165, 1.54) is 30.1 Å². The maximum absolute atomic E-state index is 13.4. The van der Waals surface area contributed by atoms with Gasteiger partial charge in [-0.1, -0.05) is 35.2 Å². The molecule has 180 valence electrons. The van der Waals surface area contributed by atoms with Gasteiger partial charge in [0, 0.05) is 22.0 Å². The van der Waals surface area contributed by atoms with Crippen LogP contribution in [0.5, 0.6) is 11.5 Å². The van der Waals surface area contributed by atoms with Crippen LogP contribution in [0.25, 0.3) is 10.9 Å². The Morgan fingerprint density at radius 3 is 2.77 bits per heavy atom. The lowest BCUT2D eigenvalue weighted by Gasteiger charge is -2.22. The van der Waals surface area contributed by atoms with Gasteiger partial charge < -0.3 is 9.47 Å². The molecule has 1 heterocycles. The number of nitrogens with zero attached hydrogens (tertiary/aromatic N) is 5. The van der Waals surface area contributed by atoms with Crippen LogP contribution >= 0.6 is 15.9 Å². The standard InChI is InChI=1S/C24H22BrN5O5/c1-34-21-12-15(11-20(30(32)33)22(21)35-10-9-26)14-27-29-23(16-5-3-2-4-6-16)28-19-8-7-17(25)13-18(19)24(29)31/h7-8,11-14,16H,2-6,10H2,1H3. The summed E-state index contributed by atoms with van der Waals surface area (Å²) in [6, 6.07) is 9.89. The summed E-state index contributed by atoms with van der Waals surface area (Å²) in [5.74, 6) is 0.605. The summed E-state index contributed by atoms with van der Waals surface area (Å²) in [6.07, 6.45) is 6.44. The third-order valence-corrected chi connectivity index (χ3v) is 6.37. The molecule has 0 atom stereocenters. The van der Waals surface area contributed by atoms with Crippen LogP contribution < -0.4 is 15.0 Å². The second-order valence-corrected chi connectivity index (χ2v) is 9.02. The number of aromatic nitrogens is 2. The Labute approximate surface area is 209 Å². The van der Waals surface area contributed by atoms with E-state index in [0.717, 1.165) is 36.6 Å². The van der Waals surface area contributed by atoms with Crippen LogP contribution in [0.3, 0.4) is 0 Å². The van der Waals surface area contributed by atoms with Crippen molar-refractivity contribution in [1.82, 2.24) is 9.66 Å². The summed E-state index contributed by atoms with van der Waals surface area (Å²) in [7, 11) is 1.34. The fourth-order valence-corrected chi connectivity index (χ4v) is 4.61. The number of hydrogen-bond acceptors (Lipinski definition) is 8. The van der Waals surface area contributed by atoms with E-state index >= 15 is 0 Å². The highest BCUT2D eigenvalue weighted by Crippen LogP contribution is 2.38. The Bertz CT molecular complexity index is 1410. The quantitative estimate of drug-likeness (QED) is 0.236. The van der Waals surface area contributed by atoms with Crippen molar-refractivity contribution in [1.29, 1.82) is 5.26 Å². The summed E-state index contributed by atoms with van der Waals surface area (Å²) in [5, 5.41) is 25.3. The molecule has 11 heteroatoms. The van der Waals surface area contributed by atoms with Crippen molar-refractivity contribution in [2.75, 3.05) is 13.7 Å². The Kier molecular flexibility index (Phi) is 7.41. The molecule has 10 nitrogen and oxygen atoms in total. The maximum atomic E-state index is 13.4. The van der Waals surface area contributed by atoms with Gasteiger partial charge in [-0.2, -0.15) is 15.0 Å². The van der Waals surface area contributed by atoms with Gasteiger partial charge in [0.05, 0.1) is 29.2 Å². The second kappa shape index (κ2) is 10.7. The monoisotopic (exact) mass is 539 g/mol. The van der Waals surface area contributed by atoms with E-state index in [1.807, 2.05) is 6.07 Å². The first-order chi connectivity index (χ1) is 16.9. The van der Waals surface area contributed by atoms with Gasteiger partial charge in [-0.3, -0.25) is 14.9 Å². The number of methoxy groups -OCH3 is 1. The number of hydrogen-bond donors (Lipinski definition) is 0. The summed E-state index contributed by atoms with van der Waals surface area (Å²) in [5.41, 5.74) is 0.236. The predicted molar refractivity (Wildman–Crippen MR) is 133 cm³/mol. The number of nitro groups is 1. The summed E-state index contributed by atoms with van der Waals surface area (Å²) < 4.78 is 12.5. The van der Waals surface area contributed by atoms with Gasteiger partial charge in [-0.05, 0) is 37.1 Å². The third-order valence-electron chi connectivity index (χ3n) is 5.88. The minimum absolute atomic E-state index is 0.0799. The molecule has 1 aromatic heterocycles. The Hall–Kier alpha value is -3.78. The van der Waals surface area contributed by atoms with Crippen LogP contribution in [-0.2, 0) is 0 Å². The van der Waals surface area contributed by atoms with Crippen LogP contribution in [0.2, 0.25) is 0 Å². The van der Waals surface area contributed by atoms with Gasteiger partial charge in [-0.25, -0.2) is 4.98 Å². The molecule has 2 aromatic carbocycles. The van der Waals surface area contributed by atoms with Gasteiger partial charge in [0.15, 0.2) is 12.4 Å². The predicted octanol–water partition coefficient (Wildman–Crippen LogP) is 4.91. The van der Waals surface area contributed by atoms with Crippen molar-refractivity contribution in [3.05, 3.63) is 66.7 Å². The fraction of sp³-hybridized carbons (Fsp3) is 0.333. The van der Waals surface area contributed by atoms with Crippen LogP contribution in [0.15, 0.2) is 44.7 Å². The highest BCUT2D eigenvalue weighted by molar-refractivity contribution is 9.10. The molecule has 3 aromatic rings. The van der Waals surface area contributed by atoms with E-state index < -0.39 is 4.92 Å². The number of fused-ring (bicyclic) bond motifs is 1. The Morgan fingerprint density at radius 1 is 1.31 bits per heavy atom. The molecule has 1 fully saturated rings. The first-order valence-electron chi connectivity index (χ1n) is 11.1. The first-order valence-corrected chi connectivity index (χ1v) is 11.8. The molecular weight excluding hydrogens is 518 g/mol. The molecule has 0 spiro atoms. The Balaban J connectivity index is 1.84. The first kappa shape index (κ1) is 24.3. The van der Waals surface area contributed by atoms with E-state index in [2.05, 4.69) is 21.0 Å². The van der Waals surface area contributed by atoms with E-state index in [4.69, 9.17) is 19.7 Å². The lowest BCUT2D eigenvalue weighted by atomic mass is 9.88. The number of benzene rings is 2. The summed E-state index contributed by atoms with van der Waals surface area (Å²) in [4.78, 5) is 29.2. The van der Waals surface area contributed by atoms with Crippen molar-refractivity contribution >= 4 is 38.7 Å². The highest BCUT2D eigenvalue weighted by atomic mass is 79.9. The molecule has 0 N–H and O–H groups in total. The second-order valence-electron chi connectivity index (χ2n) is 8.10. The van der Waals surface area contributed by atoms with Crippen molar-refractivity contribution in [3.8, 4) is 17.6 Å². The fourth-order valence-electron chi connectivity index (χ4n) is 4.25. The van der Waals surface area contributed by atoms with E-state index in [9.17, 15) is 14.9 Å². The molecule has 4 rings (SSSR count). The van der Waals surface area contributed by atoms with Crippen LogP contribution in [0, 0.1) is 21.4 Å². The highest BCUT2D eigenvalue weighted by Gasteiger charge is 2.24. The lowest BCUT2D eigenvalue weighted by Crippen LogP contribution is -2.25. The van der Waals surface area contributed by atoms with Crippen LogP contribution in [-0.4, -0.2) is 34.5 Å². The van der Waals surface area contributed by atoms with Gasteiger partial charge in [0.2, 0.25) is 5.75 Å². The molecular formula is C24H22BrN5O5. The van der Waals surface area contributed by atoms with Crippen molar-refractivity contribution in [2.45, 2.75) is 38.0 Å². The molecule has 1 saturated carbocycles. The smallest absolute Gasteiger partial charge is 0.315 e. The molecule has 0 aliphatic heterocycles. The number of nitro benzene ring substituents is 1. The summed E-state index contributed by atoms with van der Waals surface area (Å²) >= 11 is 3.40. The number of nitriles is 1. The van der Waals surface area contributed by atoms with E-state index in [1.54, 1.807) is 18.2 Å². The maximum Gasteiger partial charge on any atom is 0.315 e. The van der Waals surface area contributed by atoms with Gasteiger partial charge in [0.25, 0.3) is 5.56 Å². The molecule has 0 unspecified atom stereocenters. The third kappa shape index (κ3) is 5.17. The molecule has 0 amide bonds. The minimum Gasteiger partial charge on any atom is -0.493 e.